The first-order chi connectivity index (χ1) is 14.2. The molecule has 0 spiro atoms. The van der Waals surface area contributed by atoms with Gasteiger partial charge in [-0.3, -0.25) is 4.79 Å². The Morgan fingerprint density at radius 2 is 2.00 bits per heavy atom. The van der Waals surface area contributed by atoms with Crippen molar-refractivity contribution < 1.29 is 9.32 Å². The van der Waals surface area contributed by atoms with Gasteiger partial charge in [0.05, 0.1) is 28.6 Å². The lowest BCUT2D eigenvalue weighted by atomic mass is 10.2. The van der Waals surface area contributed by atoms with Gasteiger partial charge >= 0.3 is 0 Å². The van der Waals surface area contributed by atoms with E-state index in [-0.39, 0.29) is 5.91 Å². The molecule has 0 radical (unpaired) electrons. The van der Waals surface area contributed by atoms with Crippen LogP contribution in [-0.2, 0) is 12.3 Å². The summed E-state index contributed by atoms with van der Waals surface area (Å²) in [5, 5.41) is 7.04. The van der Waals surface area contributed by atoms with Crippen LogP contribution in [-0.4, -0.2) is 27.2 Å². The monoisotopic (exact) mass is 406 g/mol. The van der Waals surface area contributed by atoms with Crippen molar-refractivity contribution in [3.05, 3.63) is 77.9 Å². The van der Waals surface area contributed by atoms with E-state index in [2.05, 4.69) is 26.1 Å². The minimum absolute atomic E-state index is 0.0556. The summed E-state index contributed by atoms with van der Waals surface area (Å²) in [5.41, 5.74) is 3.66. The van der Waals surface area contributed by atoms with Crippen molar-refractivity contribution in [1.82, 2.24) is 20.0 Å². The maximum absolute atomic E-state index is 12.7. The summed E-state index contributed by atoms with van der Waals surface area (Å²) in [4.78, 5) is 18.0. The van der Waals surface area contributed by atoms with Gasteiger partial charge in [-0.25, -0.2) is 4.98 Å². The average Bonchev–Trinajstić information content (AvgIpc) is 3.36. The molecule has 1 N–H and O–H groups in total. The Labute approximate surface area is 173 Å². The predicted molar refractivity (Wildman–Crippen MR) is 114 cm³/mol. The lowest BCUT2D eigenvalue weighted by molar-refractivity contribution is 0.0950. The second kappa shape index (κ2) is 8.96. The zero-order chi connectivity index (χ0) is 20.1. The summed E-state index contributed by atoms with van der Waals surface area (Å²) >= 11 is 1.58. The van der Waals surface area contributed by atoms with Crippen molar-refractivity contribution in [2.45, 2.75) is 30.5 Å². The molecular formula is C22H22N4O2S. The number of carbonyl (C=O) groups is 1. The number of fused-ring (bicyclic) bond motifs is 1. The normalized spacial score (nSPS) is 11.1. The van der Waals surface area contributed by atoms with Crippen LogP contribution < -0.4 is 5.32 Å². The van der Waals surface area contributed by atoms with Gasteiger partial charge in [0.15, 0.2) is 0 Å². The molecule has 0 aliphatic rings. The molecule has 29 heavy (non-hydrogen) atoms. The summed E-state index contributed by atoms with van der Waals surface area (Å²) in [6.45, 7) is 3.28. The number of aryl methyl sites for hydroxylation is 2. The zero-order valence-corrected chi connectivity index (χ0v) is 17.0. The van der Waals surface area contributed by atoms with Crippen LogP contribution in [0.25, 0.3) is 11.0 Å². The maximum atomic E-state index is 12.7. The largest absolute Gasteiger partial charge is 0.361 e. The third kappa shape index (κ3) is 4.68. The molecule has 0 fully saturated rings. The predicted octanol–water partition coefficient (Wildman–Crippen LogP) is 4.45. The molecule has 7 heteroatoms. The van der Waals surface area contributed by atoms with Gasteiger partial charge in [-0.15, -0.1) is 11.8 Å². The van der Waals surface area contributed by atoms with Gasteiger partial charge in [0.2, 0.25) is 0 Å². The standard InChI is InChI=1S/C22H22N4O2S/c1-16-13-17(25-28-16)14-29-21-10-5-2-7-18(21)22(27)23-11-6-12-26-15-24-19-8-3-4-9-20(19)26/h2-5,7-10,13,15H,6,11-12,14H2,1H3,(H,23,27). The number of imidazole rings is 1. The van der Waals surface area contributed by atoms with Gasteiger partial charge in [-0.2, -0.15) is 0 Å². The van der Waals surface area contributed by atoms with E-state index in [9.17, 15) is 4.79 Å². The molecule has 2 aromatic carbocycles. The number of thioether (sulfide) groups is 1. The fourth-order valence-electron chi connectivity index (χ4n) is 3.15. The average molecular weight is 407 g/mol. The first kappa shape index (κ1) is 19.3. The van der Waals surface area contributed by atoms with Gasteiger partial charge in [0.25, 0.3) is 5.91 Å². The van der Waals surface area contributed by atoms with Crippen LogP contribution in [0.15, 0.2) is 70.3 Å². The van der Waals surface area contributed by atoms with Crippen LogP contribution in [0.1, 0.15) is 28.2 Å². The molecule has 0 unspecified atom stereocenters. The molecule has 6 nitrogen and oxygen atoms in total. The van der Waals surface area contributed by atoms with Crippen LogP contribution in [0.2, 0.25) is 0 Å². The Balaban J connectivity index is 1.31. The van der Waals surface area contributed by atoms with E-state index in [1.165, 1.54) is 0 Å². The second-order valence-corrected chi connectivity index (χ2v) is 7.77. The minimum atomic E-state index is -0.0556. The lowest BCUT2D eigenvalue weighted by Gasteiger charge is -2.10. The highest BCUT2D eigenvalue weighted by Gasteiger charge is 2.12. The summed E-state index contributed by atoms with van der Waals surface area (Å²) in [7, 11) is 0. The number of benzene rings is 2. The summed E-state index contributed by atoms with van der Waals surface area (Å²) in [6.07, 6.45) is 2.68. The second-order valence-electron chi connectivity index (χ2n) is 6.75. The van der Waals surface area contributed by atoms with Gasteiger partial charge < -0.3 is 14.4 Å². The van der Waals surface area contributed by atoms with Crippen molar-refractivity contribution >= 4 is 28.7 Å². The Hall–Kier alpha value is -3.06. The molecule has 4 aromatic rings. The van der Waals surface area contributed by atoms with Gasteiger partial charge in [-0.1, -0.05) is 29.4 Å². The van der Waals surface area contributed by atoms with Crippen molar-refractivity contribution in [2.75, 3.05) is 6.54 Å². The molecule has 0 bridgehead atoms. The molecule has 0 aliphatic heterocycles. The van der Waals surface area contributed by atoms with Crippen LogP contribution >= 0.6 is 11.8 Å². The molecule has 1 amide bonds. The highest BCUT2D eigenvalue weighted by molar-refractivity contribution is 7.98. The SMILES string of the molecule is Cc1cc(CSc2ccccc2C(=O)NCCCn2cnc3ccccc32)no1. The van der Waals surface area contributed by atoms with E-state index < -0.39 is 0 Å². The van der Waals surface area contributed by atoms with E-state index in [0.717, 1.165) is 40.3 Å². The quantitative estimate of drug-likeness (QED) is 0.346. The smallest absolute Gasteiger partial charge is 0.252 e. The molecule has 0 saturated heterocycles. The molecule has 4 rings (SSSR count). The number of amides is 1. The summed E-state index contributed by atoms with van der Waals surface area (Å²) in [5.74, 6) is 1.40. The highest BCUT2D eigenvalue weighted by Crippen LogP contribution is 2.26. The van der Waals surface area contributed by atoms with E-state index in [1.807, 2.05) is 61.8 Å². The molecular weight excluding hydrogens is 384 g/mol. The van der Waals surface area contributed by atoms with Gasteiger partial charge in [0.1, 0.15) is 5.76 Å². The van der Waals surface area contributed by atoms with Crippen molar-refractivity contribution in [3.63, 3.8) is 0 Å². The molecule has 0 atom stereocenters. The van der Waals surface area contributed by atoms with Crippen molar-refractivity contribution in [3.8, 4) is 0 Å². The Morgan fingerprint density at radius 3 is 2.86 bits per heavy atom. The molecule has 2 heterocycles. The summed E-state index contributed by atoms with van der Waals surface area (Å²) in [6, 6.07) is 17.6. The number of hydrogen-bond donors (Lipinski definition) is 1. The number of rotatable bonds is 8. The van der Waals surface area contributed by atoms with Crippen molar-refractivity contribution in [1.29, 1.82) is 0 Å². The third-order valence-electron chi connectivity index (χ3n) is 4.57. The topological polar surface area (TPSA) is 73.0 Å². The molecule has 0 saturated carbocycles. The van der Waals surface area contributed by atoms with E-state index in [4.69, 9.17) is 4.52 Å². The van der Waals surface area contributed by atoms with E-state index in [1.54, 1.807) is 11.8 Å². The number of nitrogens with one attached hydrogen (secondary N) is 1. The van der Waals surface area contributed by atoms with E-state index >= 15 is 0 Å². The zero-order valence-electron chi connectivity index (χ0n) is 16.2. The number of hydrogen-bond acceptors (Lipinski definition) is 5. The Morgan fingerprint density at radius 1 is 1.17 bits per heavy atom. The third-order valence-corrected chi connectivity index (χ3v) is 5.68. The number of aromatic nitrogens is 3. The molecule has 148 valence electrons. The number of para-hydroxylation sites is 2. The van der Waals surface area contributed by atoms with Crippen LogP contribution in [0, 0.1) is 6.92 Å². The fraction of sp³-hybridized carbons (Fsp3) is 0.227. The first-order valence-electron chi connectivity index (χ1n) is 9.53. The summed E-state index contributed by atoms with van der Waals surface area (Å²) < 4.78 is 7.22. The lowest BCUT2D eigenvalue weighted by Crippen LogP contribution is -2.25. The Kier molecular flexibility index (Phi) is 5.95. The first-order valence-corrected chi connectivity index (χ1v) is 10.5. The molecule has 0 aliphatic carbocycles. The van der Waals surface area contributed by atoms with Crippen LogP contribution in [0.3, 0.4) is 0 Å². The highest BCUT2D eigenvalue weighted by atomic mass is 32.2. The fourth-order valence-corrected chi connectivity index (χ4v) is 4.08. The Bertz CT molecular complexity index is 1120. The maximum Gasteiger partial charge on any atom is 0.252 e. The van der Waals surface area contributed by atoms with Gasteiger partial charge in [0, 0.05) is 29.8 Å². The van der Waals surface area contributed by atoms with Crippen molar-refractivity contribution in [2.24, 2.45) is 0 Å². The van der Waals surface area contributed by atoms with Gasteiger partial charge in [-0.05, 0) is 37.6 Å². The van der Waals surface area contributed by atoms with Crippen LogP contribution in [0.4, 0.5) is 0 Å². The number of nitrogens with zero attached hydrogens (tertiary/aromatic N) is 3. The molecule has 2 aromatic heterocycles. The van der Waals surface area contributed by atoms with Crippen LogP contribution in [0.5, 0.6) is 0 Å². The minimum Gasteiger partial charge on any atom is -0.361 e. The van der Waals surface area contributed by atoms with E-state index in [0.29, 0.717) is 17.9 Å². The number of carbonyl (C=O) groups excluding carboxylic acids is 1.